The minimum absolute atomic E-state index is 0.184. The number of nitrogens with zero attached hydrogens (tertiary/aromatic N) is 4. The Kier molecular flexibility index (Phi) is 4.85. The van der Waals surface area contributed by atoms with E-state index in [1.165, 1.54) is 11.5 Å². The van der Waals surface area contributed by atoms with Gasteiger partial charge in [0.15, 0.2) is 0 Å². The van der Waals surface area contributed by atoms with Crippen LogP contribution in [0.4, 0.5) is 0 Å². The predicted octanol–water partition coefficient (Wildman–Crippen LogP) is 2.48. The molecule has 1 aromatic carbocycles. The maximum atomic E-state index is 12.0. The number of nitrogens with two attached hydrogens (primary N) is 1. The Morgan fingerprint density at radius 2 is 2.08 bits per heavy atom. The van der Waals surface area contributed by atoms with Crippen LogP contribution >= 0.6 is 11.5 Å². The molecule has 3 rings (SSSR count). The number of carbonyl (C=O) groups excluding carboxylic acids is 1. The quantitative estimate of drug-likeness (QED) is 0.323. The van der Waals surface area contributed by atoms with Gasteiger partial charge in [-0.2, -0.15) is 0 Å². The van der Waals surface area contributed by atoms with E-state index in [0.717, 1.165) is 16.8 Å². The third kappa shape index (κ3) is 3.89. The Hall–Kier alpha value is -3.07. The Morgan fingerprint density at radius 1 is 1.32 bits per heavy atom. The lowest BCUT2D eigenvalue weighted by molar-refractivity contribution is 0.0512. The predicted molar refractivity (Wildman–Crippen MR) is 92.1 cm³/mol. The van der Waals surface area contributed by atoms with Crippen molar-refractivity contribution in [3.05, 3.63) is 52.2 Å². The Bertz CT molecular complexity index is 881. The zero-order chi connectivity index (χ0) is 17.8. The molecule has 0 bridgehead atoms. The van der Waals surface area contributed by atoms with Gasteiger partial charge in [0, 0.05) is 17.4 Å². The van der Waals surface area contributed by atoms with Gasteiger partial charge in [0.1, 0.15) is 22.9 Å². The lowest BCUT2D eigenvalue weighted by Gasteiger charge is -2.03. The summed E-state index contributed by atoms with van der Waals surface area (Å²) in [6.07, 6.45) is 0.352. The summed E-state index contributed by atoms with van der Waals surface area (Å²) >= 11 is 1.30. The van der Waals surface area contributed by atoms with E-state index in [1.807, 2.05) is 29.6 Å². The molecule has 2 N–H and O–H groups in total. The van der Waals surface area contributed by atoms with Crippen molar-refractivity contribution in [2.75, 3.05) is 0 Å². The molecule has 0 aliphatic rings. The van der Waals surface area contributed by atoms with E-state index in [9.17, 15) is 4.79 Å². The van der Waals surface area contributed by atoms with Gasteiger partial charge >= 0.3 is 5.97 Å². The number of amidine groups is 1. The summed E-state index contributed by atoms with van der Waals surface area (Å²) in [5.41, 5.74) is 9.27. The SMILES string of the molecule is Cc1noc(C)c1C(=O)O/N=C(\N)Cc1ccc(-c2csnn2)cc1. The number of oxime groups is 1. The molecule has 0 unspecified atom stereocenters. The van der Waals surface area contributed by atoms with Crippen molar-refractivity contribution in [2.24, 2.45) is 10.9 Å². The third-order valence-corrected chi connectivity index (χ3v) is 3.98. The minimum atomic E-state index is -0.648. The van der Waals surface area contributed by atoms with E-state index >= 15 is 0 Å². The lowest BCUT2D eigenvalue weighted by atomic mass is 10.1. The van der Waals surface area contributed by atoms with Crippen molar-refractivity contribution in [3.8, 4) is 11.3 Å². The minimum Gasteiger partial charge on any atom is -0.384 e. The molecule has 0 fully saturated rings. The molecule has 0 aliphatic heterocycles. The molecule has 8 nitrogen and oxygen atoms in total. The molecule has 0 spiro atoms. The second-order valence-electron chi connectivity index (χ2n) is 5.32. The number of aryl methyl sites for hydroxylation is 2. The number of aromatic nitrogens is 3. The number of benzene rings is 1. The van der Waals surface area contributed by atoms with Crippen LogP contribution in [-0.2, 0) is 11.3 Å². The summed E-state index contributed by atoms with van der Waals surface area (Å²) < 4.78 is 8.76. The highest BCUT2D eigenvalue weighted by atomic mass is 32.1. The zero-order valence-corrected chi connectivity index (χ0v) is 14.4. The van der Waals surface area contributed by atoms with Gasteiger partial charge in [-0.05, 0) is 30.9 Å². The summed E-state index contributed by atoms with van der Waals surface area (Å²) in [6, 6.07) is 7.67. The van der Waals surface area contributed by atoms with Gasteiger partial charge in [-0.15, -0.1) is 5.10 Å². The van der Waals surface area contributed by atoms with Gasteiger partial charge in [0.05, 0.1) is 5.69 Å². The van der Waals surface area contributed by atoms with Crippen LogP contribution in [-0.4, -0.2) is 26.5 Å². The smallest absolute Gasteiger partial charge is 0.371 e. The molecule has 0 saturated carbocycles. The monoisotopic (exact) mass is 357 g/mol. The fraction of sp³-hybridized carbons (Fsp3) is 0.188. The number of hydrogen-bond donors (Lipinski definition) is 1. The fourth-order valence-electron chi connectivity index (χ4n) is 2.25. The van der Waals surface area contributed by atoms with E-state index in [4.69, 9.17) is 15.1 Å². The topological polar surface area (TPSA) is 116 Å². The van der Waals surface area contributed by atoms with Gasteiger partial charge in [-0.3, -0.25) is 0 Å². The highest BCUT2D eigenvalue weighted by molar-refractivity contribution is 7.03. The van der Waals surface area contributed by atoms with E-state index < -0.39 is 5.97 Å². The Labute approximate surface area is 147 Å². The van der Waals surface area contributed by atoms with Crippen molar-refractivity contribution in [1.82, 2.24) is 14.7 Å². The van der Waals surface area contributed by atoms with Crippen LogP contribution in [0.5, 0.6) is 0 Å². The molecule has 0 amide bonds. The Balaban J connectivity index is 1.63. The average Bonchev–Trinajstić information content (AvgIpc) is 3.24. The van der Waals surface area contributed by atoms with Crippen LogP contribution in [0.15, 0.2) is 39.3 Å². The number of hydrogen-bond acceptors (Lipinski definition) is 8. The standard InChI is InChI=1S/C16H15N5O3S/c1-9-15(10(2)23-19-9)16(22)24-20-14(17)7-11-3-5-12(6-4-11)13-8-25-21-18-13/h3-6,8H,7H2,1-2H3,(H2,17,20). The fourth-order valence-corrected chi connectivity index (χ4v) is 2.71. The first-order valence-electron chi connectivity index (χ1n) is 7.37. The molecular weight excluding hydrogens is 342 g/mol. The van der Waals surface area contributed by atoms with Crippen LogP contribution < -0.4 is 5.73 Å². The Morgan fingerprint density at radius 3 is 2.68 bits per heavy atom. The molecule has 2 heterocycles. The maximum absolute atomic E-state index is 12.0. The summed E-state index contributed by atoms with van der Waals surface area (Å²) in [4.78, 5) is 16.9. The second kappa shape index (κ2) is 7.22. The van der Waals surface area contributed by atoms with Gasteiger partial charge in [0.25, 0.3) is 0 Å². The highest BCUT2D eigenvalue weighted by Crippen LogP contribution is 2.18. The molecule has 0 radical (unpaired) electrons. The normalized spacial score (nSPS) is 11.5. The summed E-state index contributed by atoms with van der Waals surface area (Å²) in [6.45, 7) is 3.28. The largest absolute Gasteiger partial charge is 0.384 e. The van der Waals surface area contributed by atoms with E-state index in [0.29, 0.717) is 17.9 Å². The first kappa shape index (κ1) is 16.8. The van der Waals surface area contributed by atoms with Gasteiger partial charge < -0.3 is 15.1 Å². The van der Waals surface area contributed by atoms with Crippen LogP contribution in [0.2, 0.25) is 0 Å². The number of rotatable bonds is 5. The van der Waals surface area contributed by atoms with Gasteiger partial charge in [-0.1, -0.05) is 39.1 Å². The van der Waals surface area contributed by atoms with Crippen LogP contribution in [0, 0.1) is 13.8 Å². The lowest BCUT2D eigenvalue weighted by Crippen LogP contribution is -2.17. The zero-order valence-electron chi connectivity index (χ0n) is 13.6. The van der Waals surface area contributed by atoms with E-state index in [2.05, 4.69) is 19.9 Å². The molecule has 0 saturated heterocycles. The first-order valence-corrected chi connectivity index (χ1v) is 8.21. The second-order valence-corrected chi connectivity index (χ2v) is 5.93. The first-order chi connectivity index (χ1) is 12.0. The van der Waals surface area contributed by atoms with Crippen molar-refractivity contribution >= 4 is 23.3 Å². The molecule has 3 aromatic rings. The van der Waals surface area contributed by atoms with E-state index in [1.54, 1.807) is 13.8 Å². The van der Waals surface area contributed by atoms with E-state index in [-0.39, 0.29) is 11.4 Å². The van der Waals surface area contributed by atoms with Crippen LogP contribution in [0.25, 0.3) is 11.3 Å². The number of carbonyl (C=O) groups is 1. The summed E-state index contributed by atoms with van der Waals surface area (Å²) in [5.74, 6) is -0.0860. The summed E-state index contributed by atoms with van der Waals surface area (Å²) in [5, 5.41) is 13.3. The van der Waals surface area contributed by atoms with Crippen LogP contribution in [0.1, 0.15) is 27.4 Å². The maximum Gasteiger partial charge on any atom is 0.371 e. The molecule has 9 heteroatoms. The van der Waals surface area contributed by atoms with Crippen molar-refractivity contribution < 1.29 is 14.2 Å². The van der Waals surface area contributed by atoms with Gasteiger partial charge in [-0.25, -0.2) is 4.79 Å². The van der Waals surface area contributed by atoms with Crippen molar-refractivity contribution in [3.63, 3.8) is 0 Å². The summed E-state index contributed by atoms with van der Waals surface area (Å²) in [7, 11) is 0. The van der Waals surface area contributed by atoms with Crippen LogP contribution in [0.3, 0.4) is 0 Å². The third-order valence-electron chi connectivity index (χ3n) is 3.48. The molecule has 0 atom stereocenters. The molecule has 2 aromatic heterocycles. The molecule has 0 aliphatic carbocycles. The van der Waals surface area contributed by atoms with Crippen molar-refractivity contribution in [1.29, 1.82) is 0 Å². The molecule has 25 heavy (non-hydrogen) atoms. The van der Waals surface area contributed by atoms with Crippen molar-refractivity contribution in [2.45, 2.75) is 20.3 Å². The molecular formula is C16H15N5O3S. The highest BCUT2D eigenvalue weighted by Gasteiger charge is 2.19. The average molecular weight is 357 g/mol. The van der Waals surface area contributed by atoms with Gasteiger partial charge in [0.2, 0.25) is 0 Å². The molecule has 128 valence electrons.